The summed E-state index contributed by atoms with van der Waals surface area (Å²) in [7, 11) is 2.02. The third-order valence-electron chi connectivity index (χ3n) is 5.30. The summed E-state index contributed by atoms with van der Waals surface area (Å²) in [5, 5.41) is 0. The van der Waals surface area contributed by atoms with Gasteiger partial charge in [-0.15, -0.1) is 0 Å². The van der Waals surface area contributed by atoms with E-state index in [2.05, 4.69) is 21.0 Å². The van der Waals surface area contributed by atoms with Crippen LogP contribution in [0.3, 0.4) is 0 Å². The molecule has 3 fully saturated rings. The molecule has 114 valence electrons. The molecule has 3 saturated heterocycles. The van der Waals surface area contributed by atoms with Crippen molar-refractivity contribution in [1.82, 2.24) is 19.9 Å². The number of hydrogen-bond donors (Lipinski definition) is 1. The Balaban J connectivity index is 1.58. The zero-order valence-corrected chi connectivity index (χ0v) is 12.6. The minimum atomic E-state index is -0.413. The second-order valence-electron chi connectivity index (χ2n) is 6.54. The number of aromatic nitrogens is 2. The maximum Gasteiger partial charge on any atom is 0.203 e. The van der Waals surface area contributed by atoms with Gasteiger partial charge in [0.2, 0.25) is 5.72 Å². The lowest BCUT2D eigenvalue weighted by atomic mass is 9.81. The smallest absolute Gasteiger partial charge is 0.203 e. The van der Waals surface area contributed by atoms with Gasteiger partial charge in [-0.1, -0.05) is 12.1 Å². The molecule has 1 atom stereocenters. The van der Waals surface area contributed by atoms with Gasteiger partial charge in [0.25, 0.3) is 0 Å². The molecule has 1 N–H and O–H groups in total. The molecule has 2 bridgehead atoms. The Labute approximate surface area is 128 Å². The molecule has 6 nitrogen and oxygen atoms in total. The van der Waals surface area contributed by atoms with Gasteiger partial charge in [-0.3, -0.25) is 4.90 Å². The lowest BCUT2D eigenvalue weighted by molar-refractivity contribution is -0.155. The van der Waals surface area contributed by atoms with Crippen molar-refractivity contribution in [3.63, 3.8) is 0 Å². The van der Waals surface area contributed by atoms with Crippen LogP contribution >= 0.6 is 0 Å². The highest BCUT2D eigenvalue weighted by Gasteiger charge is 2.51. The monoisotopic (exact) mass is 297 g/mol. The minimum Gasteiger partial charge on any atom is -0.324 e. The molecule has 1 spiro atoms. The summed E-state index contributed by atoms with van der Waals surface area (Å²) in [6.45, 7) is 3.23. The lowest BCUT2D eigenvalue weighted by Crippen LogP contribution is -2.58. The molecule has 6 heteroatoms. The zero-order valence-electron chi connectivity index (χ0n) is 12.6. The molecular formula is C16H19N5O. The van der Waals surface area contributed by atoms with Gasteiger partial charge in [-0.25, -0.2) is 20.3 Å². The van der Waals surface area contributed by atoms with Crippen LogP contribution in [-0.4, -0.2) is 45.6 Å². The fraction of sp³-hybridized carbons (Fsp3) is 0.500. The summed E-state index contributed by atoms with van der Waals surface area (Å²) in [5.74, 6) is 2.11. The van der Waals surface area contributed by atoms with Crippen molar-refractivity contribution < 1.29 is 4.84 Å². The van der Waals surface area contributed by atoms with E-state index in [1.165, 1.54) is 25.9 Å². The molecular weight excluding hydrogens is 278 g/mol. The molecule has 4 aliphatic heterocycles. The van der Waals surface area contributed by atoms with Crippen LogP contribution in [0.5, 0.6) is 0 Å². The molecule has 2 aromatic rings. The minimum absolute atomic E-state index is 0.413. The van der Waals surface area contributed by atoms with E-state index in [1.54, 1.807) is 0 Å². The van der Waals surface area contributed by atoms with E-state index in [-0.39, 0.29) is 0 Å². The average Bonchev–Trinajstić information content (AvgIpc) is 3.11. The number of aryl methyl sites for hydroxylation is 1. The molecule has 0 amide bonds. The number of hydrogen-bond acceptors (Lipinski definition) is 5. The van der Waals surface area contributed by atoms with E-state index >= 15 is 0 Å². The largest absolute Gasteiger partial charge is 0.324 e. The Morgan fingerprint density at radius 1 is 1.27 bits per heavy atom. The maximum absolute atomic E-state index is 5.98. The van der Waals surface area contributed by atoms with E-state index in [1.807, 2.05) is 25.2 Å². The van der Waals surface area contributed by atoms with Gasteiger partial charge in [0.1, 0.15) is 0 Å². The first-order valence-electron chi connectivity index (χ1n) is 7.93. The molecule has 5 heterocycles. The zero-order chi connectivity index (χ0) is 14.7. The summed E-state index contributed by atoms with van der Waals surface area (Å²) in [4.78, 5) is 18.1. The number of rotatable bonds is 1. The predicted octanol–water partition coefficient (Wildman–Crippen LogP) is 1.28. The molecule has 1 aromatic heterocycles. The summed E-state index contributed by atoms with van der Waals surface area (Å²) in [5.41, 5.74) is 4.74. The molecule has 1 aromatic carbocycles. The van der Waals surface area contributed by atoms with Crippen LogP contribution in [0.1, 0.15) is 18.7 Å². The summed E-state index contributed by atoms with van der Waals surface area (Å²) in [6, 6.07) is 8.14. The Hall–Kier alpha value is -1.92. The first-order valence-corrected chi connectivity index (χ1v) is 7.93. The Morgan fingerprint density at radius 3 is 2.82 bits per heavy atom. The molecule has 0 unspecified atom stereocenters. The van der Waals surface area contributed by atoms with Crippen LogP contribution < -0.4 is 5.48 Å². The normalized spacial score (nSPS) is 33.4. The van der Waals surface area contributed by atoms with Crippen molar-refractivity contribution in [2.75, 3.05) is 19.6 Å². The molecule has 4 aliphatic rings. The van der Waals surface area contributed by atoms with E-state index in [9.17, 15) is 0 Å². The maximum atomic E-state index is 5.98. The second-order valence-corrected chi connectivity index (χ2v) is 6.54. The number of imidazole rings is 1. The van der Waals surface area contributed by atoms with Gasteiger partial charge in [-0.05, 0) is 38.1 Å². The first-order chi connectivity index (χ1) is 10.8. The van der Waals surface area contributed by atoms with Gasteiger partial charge < -0.3 is 4.57 Å². The topological polar surface area (TPSA) is 54.7 Å². The van der Waals surface area contributed by atoms with Crippen molar-refractivity contribution in [3.8, 4) is 0 Å². The molecule has 0 aliphatic carbocycles. The highest BCUT2D eigenvalue weighted by molar-refractivity contribution is 5.99. The number of para-hydroxylation sites is 2. The van der Waals surface area contributed by atoms with Gasteiger partial charge in [0.05, 0.1) is 17.6 Å². The molecule has 0 radical (unpaired) electrons. The van der Waals surface area contributed by atoms with Crippen molar-refractivity contribution >= 4 is 16.9 Å². The Morgan fingerprint density at radius 2 is 2.09 bits per heavy atom. The fourth-order valence-corrected chi connectivity index (χ4v) is 4.06. The highest BCUT2D eigenvalue weighted by atomic mass is 16.7. The summed E-state index contributed by atoms with van der Waals surface area (Å²) in [6.07, 6.45) is 2.34. The Kier molecular flexibility index (Phi) is 2.46. The summed E-state index contributed by atoms with van der Waals surface area (Å²) < 4.78 is 2.07. The second kappa shape index (κ2) is 4.30. The van der Waals surface area contributed by atoms with Crippen molar-refractivity contribution in [1.29, 1.82) is 0 Å². The Bertz CT molecular complexity index is 774. The van der Waals surface area contributed by atoms with Crippen LogP contribution in [0, 0.1) is 5.92 Å². The van der Waals surface area contributed by atoms with Crippen molar-refractivity contribution in [2.45, 2.75) is 18.6 Å². The number of hydroxylamine groups is 1. The summed E-state index contributed by atoms with van der Waals surface area (Å²) >= 11 is 0. The van der Waals surface area contributed by atoms with E-state index in [0.29, 0.717) is 5.92 Å². The fourth-order valence-electron chi connectivity index (χ4n) is 4.06. The van der Waals surface area contributed by atoms with Gasteiger partial charge in [-0.2, -0.15) is 0 Å². The SMILES string of the molecule is Cn1c(C2=N[C@]3(CN4CCC3CC4)ON2)nc2ccccc21. The van der Waals surface area contributed by atoms with Crippen LogP contribution in [0.4, 0.5) is 0 Å². The number of nitrogens with zero attached hydrogens (tertiary/aromatic N) is 4. The number of fused-ring (bicyclic) bond motifs is 3. The van der Waals surface area contributed by atoms with Crippen LogP contribution in [-0.2, 0) is 11.9 Å². The van der Waals surface area contributed by atoms with Gasteiger partial charge >= 0.3 is 0 Å². The van der Waals surface area contributed by atoms with E-state index in [0.717, 1.165) is 29.2 Å². The third-order valence-corrected chi connectivity index (χ3v) is 5.30. The van der Waals surface area contributed by atoms with Crippen molar-refractivity contribution in [3.05, 3.63) is 30.1 Å². The van der Waals surface area contributed by atoms with Crippen molar-refractivity contribution in [2.24, 2.45) is 18.0 Å². The first kappa shape index (κ1) is 12.6. The third kappa shape index (κ3) is 1.62. The number of amidine groups is 1. The number of piperidine rings is 3. The van der Waals surface area contributed by atoms with Crippen LogP contribution in [0.2, 0.25) is 0 Å². The van der Waals surface area contributed by atoms with E-state index in [4.69, 9.17) is 14.8 Å². The number of aliphatic imine (C=N–C) groups is 1. The standard InChI is InChI=1S/C16H19N5O/c1-20-13-5-3-2-4-12(13)17-15(20)14-18-16(22-19-14)10-21-8-6-11(16)7-9-21/h2-5,11H,6-10H2,1H3,(H,18,19)/t16-/m1/s1. The molecule has 0 saturated carbocycles. The van der Waals surface area contributed by atoms with Crippen LogP contribution in [0.25, 0.3) is 11.0 Å². The lowest BCUT2D eigenvalue weighted by Gasteiger charge is -2.47. The number of benzene rings is 1. The van der Waals surface area contributed by atoms with Crippen LogP contribution in [0.15, 0.2) is 29.3 Å². The molecule has 6 rings (SSSR count). The molecule has 22 heavy (non-hydrogen) atoms. The van der Waals surface area contributed by atoms with Gasteiger partial charge in [0.15, 0.2) is 11.7 Å². The van der Waals surface area contributed by atoms with Gasteiger partial charge in [0, 0.05) is 13.0 Å². The quantitative estimate of drug-likeness (QED) is 0.861. The predicted molar refractivity (Wildman–Crippen MR) is 83.4 cm³/mol. The average molecular weight is 297 g/mol. The van der Waals surface area contributed by atoms with E-state index < -0.39 is 5.72 Å². The number of nitrogens with one attached hydrogen (secondary N) is 1. The highest BCUT2D eigenvalue weighted by Crippen LogP contribution is 2.40.